The molecule has 2 atom stereocenters. The van der Waals surface area contributed by atoms with Crippen LogP contribution in [0.3, 0.4) is 0 Å². The van der Waals surface area contributed by atoms with Gasteiger partial charge in [-0.1, -0.05) is 13.3 Å². The van der Waals surface area contributed by atoms with Gasteiger partial charge in [0.15, 0.2) is 0 Å². The molecule has 1 saturated heterocycles. The molecule has 2 N–H and O–H groups in total. The number of nitrogens with two attached hydrogens (primary N) is 1. The summed E-state index contributed by atoms with van der Waals surface area (Å²) in [6, 6.07) is 2.11. The summed E-state index contributed by atoms with van der Waals surface area (Å²) in [5, 5.41) is 8.75. The van der Waals surface area contributed by atoms with Gasteiger partial charge in [0.1, 0.15) is 0 Å². The highest BCUT2D eigenvalue weighted by atomic mass is 16.6. The minimum atomic E-state index is -0.300. The second-order valence-corrected chi connectivity index (χ2v) is 4.46. The Morgan fingerprint density at radius 2 is 2.41 bits per heavy atom. The molecular weight excluding hydrogens is 218 g/mol. The molecule has 5 nitrogen and oxygen atoms in total. The summed E-state index contributed by atoms with van der Waals surface area (Å²) in [6.45, 7) is 3.10. The molecule has 0 aromatic rings. The van der Waals surface area contributed by atoms with Gasteiger partial charge in [-0.15, -0.1) is 0 Å². The third-order valence-corrected chi connectivity index (χ3v) is 3.04. The molecule has 0 bridgehead atoms. The van der Waals surface area contributed by atoms with Crippen molar-refractivity contribution >= 4 is 6.09 Å². The van der Waals surface area contributed by atoms with Gasteiger partial charge in [0.2, 0.25) is 0 Å². The number of nitriles is 1. The SMILES string of the molecule is CCCCOC(=O)N1CC[C@H](N)C[C@H]1CC#N. The Morgan fingerprint density at radius 3 is 3.06 bits per heavy atom. The lowest BCUT2D eigenvalue weighted by Crippen LogP contribution is -2.49. The van der Waals surface area contributed by atoms with Crippen LogP contribution < -0.4 is 5.73 Å². The van der Waals surface area contributed by atoms with Crippen molar-refractivity contribution < 1.29 is 9.53 Å². The van der Waals surface area contributed by atoms with Crippen LogP contribution in [0.4, 0.5) is 4.79 Å². The molecule has 96 valence electrons. The second kappa shape index (κ2) is 7.13. The zero-order valence-electron chi connectivity index (χ0n) is 10.4. The van der Waals surface area contributed by atoms with Crippen LogP contribution in [-0.4, -0.2) is 36.2 Å². The van der Waals surface area contributed by atoms with Crippen molar-refractivity contribution in [2.45, 2.75) is 51.1 Å². The number of carbonyl (C=O) groups excluding carboxylic acids is 1. The van der Waals surface area contributed by atoms with Crippen molar-refractivity contribution in [1.29, 1.82) is 5.26 Å². The maximum Gasteiger partial charge on any atom is 0.410 e. The minimum absolute atomic E-state index is 0.0853. The number of amides is 1. The van der Waals surface area contributed by atoms with E-state index in [1.807, 2.05) is 6.92 Å². The van der Waals surface area contributed by atoms with Gasteiger partial charge in [-0.2, -0.15) is 5.26 Å². The van der Waals surface area contributed by atoms with E-state index in [0.717, 1.165) is 19.3 Å². The molecule has 0 aliphatic carbocycles. The van der Waals surface area contributed by atoms with Crippen molar-refractivity contribution in [3.63, 3.8) is 0 Å². The molecule has 17 heavy (non-hydrogen) atoms. The van der Waals surface area contributed by atoms with Gasteiger partial charge >= 0.3 is 6.09 Å². The van der Waals surface area contributed by atoms with Crippen LogP contribution in [0.5, 0.6) is 0 Å². The molecule has 0 spiro atoms. The lowest BCUT2D eigenvalue weighted by molar-refractivity contribution is 0.0699. The van der Waals surface area contributed by atoms with Gasteiger partial charge in [-0.05, 0) is 19.3 Å². The number of hydrogen-bond acceptors (Lipinski definition) is 4. The Labute approximate surface area is 103 Å². The summed E-state index contributed by atoms with van der Waals surface area (Å²) in [6.07, 6.45) is 3.38. The molecule has 1 heterocycles. The van der Waals surface area contributed by atoms with Crippen molar-refractivity contribution in [2.24, 2.45) is 5.73 Å². The number of likely N-dealkylation sites (tertiary alicyclic amines) is 1. The summed E-state index contributed by atoms with van der Waals surface area (Å²) < 4.78 is 5.17. The normalized spacial score (nSPS) is 24.2. The second-order valence-electron chi connectivity index (χ2n) is 4.46. The van der Waals surface area contributed by atoms with E-state index in [2.05, 4.69) is 6.07 Å². The van der Waals surface area contributed by atoms with Gasteiger partial charge in [0.05, 0.1) is 19.1 Å². The van der Waals surface area contributed by atoms with Crippen LogP contribution in [0, 0.1) is 11.3 Å². The van der Waals surface area contributed by atoms with E-state index in [1.165, 1.54) is 0 Å². The summed E-state index contributed by atoms with van der Waals surface area (Å²) in [4.78, 5) is 13.5. The van der Waals surface area contributed by atoms with Gasteiger partial charge in [0.25, 0.3) is 0 Å². The Morgan fingerprint density at radius 1 is 1.65 bits per heavy atom. The van der Waals surface area contributed by atoms with E-state index >= 15 is 0 Å². The van der Waals surface area contributed by atoms with E-state index in [9.17, 15) is 4.79 Å². The first-order valence-corrected chi connectivity index (χ1v) is 6.25. The maximum atomic E-state index is 11.8. The number of ether oxygens (including phenoxy) is 1. The monoisotopic (exact) mass is 239 g/mol. The van der Waals surface area contributed by atoms with Crippen LogP contribution in [-0.2, 0) is 4.74 Å². The third kappa shape index (κ3) is 4.23. The number of carbonyl (C=O) groups is 1. The van der Waals surface area contributed by atoms with Crippen LogP contribution in [0.1, 0.15) is 39.0 Å². The first kappa shape index (κ1) is 13.8. The Bertz CT molecular complexity index is 288. The summed E-state index contributed by atoms with van der Waals surface area (Å²) in [7, 11) is 0. The van der Waals surface area contributed by atoms with E-state index in [0.29, 0.717) is 26.0 Å². The number of rotatable bonds is 4. The molecule has 0 radical (unpaired) electrons. The minimum Gasteiger partial charge on any atom is -0.449 e. The van der Waals surface area contributed by atoms with Crippen molar-refractivity contribution in [3.05, 3.63) is 0 Å². The number of nitrogens with zero attached hydrogens (tertiary/aromatic N) is 2. The molecule has 1 amide bonds. The molecular formula is C12H21N3O2. The Balaban J connectivity index is 2.48. The lowest BCUT2D eigenvalue weighted by atomic mass is 9.96. The molecule has 5 heteroatoms. The standard InChI is InChI=1S/C12H21N3O2/c1-2-3-8-17-12(16)15-7-5-10(14)9-11(15)4-6-13/h10-11H,2-5,7-9,14H2,1H3/t10-,11+/m0/s1. The molecule has 0 saturated carbocycles. The molecule has 0 aromatic carbocycles. The Hall–Kier alpha value is -1.28. The lowest BCUT2D eigenvalue weighted by Gasteiger charge is -2.36. The maximum absolute atomic E-state index is 11.8. The zero-order valence-corrected chi connectivity index (χ0v) is 10.4. The van der Waals surface area contributed by atoms with E-state index in [4.69, 9.17) is 15.7 Å². The topological polar surface area (TPSA) is 79.3 Å². The molecule has 0 unspecified atom stereocenters. The molecule has 0 aromatic heterocycles. The largest absolute Gasteiger partial charge is 0.449 e. The molecule has 1 fully saturated rings. The van der Waals surface area contributed by atoms with E-state index < -0.39 is 0 Å². The smallest absolute Gasteiger partial charge is 0.410 e. The van der Waals surface area contributed by atoms with Gasteiger partial charge in [-0.3, -0.25) is 0 Å². The summed E-state index contributed by atoms with van der Waals surface area (Å²) >= 11 is 0. The number of hydrogen-bond donors (Lipinski definition) is 1. The first-order valence-electron chi connectivity index (χ1n) is 6.25. The van der Waals surface area contributed by atoms with Gasteiger partial charge < -0.3 is 15.4 Å². The quantitative estimate of drug-likeness (QED) is 0.756. The highest BCUT2D eigenvalue weighted by Gasteiger charge is 2.30. The fourth-order valence-electron chi connectivity index (χ4n) is 2.01. The average molecular weight is 239 g/mol. The predicted molar refractivity (Wildman–Crippen MR) is 64.2 cm³/mol. The van der Waals surface area contributed by atoms with Gasteiger partial charge in [0, 0.05) is 18.6 Å². The Kier molecular flexibility index (Phi) is 5.78. The van der Waals surface area contributed by atoms with Crippen molar-refractivity contribution in [1.82, 2.24) is 4.90 Å². The van der Waals surface area contributed by atoms with Crippen LogP contribution >= 0.6 is 0 Å². The predicted octanol–water partition coefficient (Wildman–Crippen LogP) is 1.63. The van der Waals surface area contributed by atoms with Crippen LogP contribution in [0.2, 0.25) is 0 Å². The van der Waals surface area contributed by atoms with Crippen LogP contribution in [0.25, 0.3) is 0 Å². The molecule has 1 rings (SSSR count). The fourth-order valence-corrected chi connectivity index (χ4v) is 2.01. The highest BCUT2D eigenvalue weighted by molar-refractivity contribution is 5.68. The molecule has 1 aliphatic heterocycles. The number of piperidine rings is 1. The van der Waals surface area contributed by atoms with Crippen LogP contribution in [0.15, 0.2) is 0 Å². The van der Waals surface area contributed by atoms with E-state index in [1.54, 1.807) is 4.90 Å². The van der Waals surface area contributed by atoms with E-state index in [-0.39, 0.29) is 18.2 Å². The van der Waals surface area contributed by atoms with Crippen molar-refractivity contribution in [3.8, 4) is 6.07 Å². The third-order valence-electron chi connectivity index (χ3n) is 3.04. The van der Waals surface area contributed by atoms with Crippen molar-refractivity contribution in [2.75, 3.05) is 13.2 Å². The fraction of sp³-hybridized carbons (Fsp3) is 0.833. The summed E-state index contributed by atoms with van der Waals surface area (Å²) in [5.74, 6) is 0. The number of unbranched alkanes of at least 4 members (excludes halogenated alkanes) is 1. The first-order chi connectivity index (χ1) is 8.19. The zero-order chi connectivity index (χ0) is 12.7. The average Bonchev–Trinajstić information content (AvgIpc) is 2.30. The summed E-state index contributed by atoms with van der Waals surface area (Å²) in [5.41, 5.74) is 5.85. The highest BCUT2D eigenvalue weighted by Crippen LogP contribution is 2.19. The molecule has 1 aliphatic rings. The van der Waals surface area contributed by atoms with Gasteiger partial charge in [-0.25, -0.2) is 4.79 Å².